The second-order valence-corrected chi connectivity index (χ2v) is 7.26. The van der Waals surface area contributed by atoms with Gasteiger partial charge in [0.1, 0.15) is 0 Å². The fourth-order valence-corrected chi connectivity index (χ4v) is 3.56. The van der Waals surface area contributed by atoms with Gasteiger partial charge >= 0.3 is 0 Å². The highest BCUT2D eigenvalue weighted by Gasteiger charge is 2.24. The van der Waals surface area contributed by atoms with Gasteiger partial charge in [-0.05, 0) is 24.1 Å². The van der Waals surface area contributed by atoms with E-state index in [-0.39, 0.29) is 11.7 Å². The molecule has 4 heteroatoms. The van der Waals surface area contributed by atoms with Crippen LogP contribution >= 0.6 is 0 Å². The minimum Gasteiger partial charge on any atom is -0.366 e. The van der Waals surface area contributed by atoms with Gasteiger partial charge in [0, 0.05) is 34.7 Å². The molecular formula is C23H26N2O2. The Morgan fingerprint density at radius 1 is 1.07 bits per heavy atom. The Balaban J connectivity index is 2.31. The van der Waals surface area contributed by atoms with Gasteiger partial charge in [-0.1, -0.05) is 63.6 Å². The molecule has 1 amide bonds. The molecule has 140 valence electrons. The molecule has 0 bridgehead atoms. The topological polar surface area (TPSA) is 65.1 Å². The molecule has 1 heterocycles. The molecule has 0 aliphatic heterocycles. The number of nitrogens with two attached hydrogens (primary N) is 1. The normalized spacial score (nSPS) is 11.3. The number of hydrogen-bond acceptors (Lipinski definition) is 2. The molecule has 0 atom stereocenters. The smallest absolute Gasteiger partial charge is 0.248 e. The van der Waals surface area contributed by atoms with Gasteiger partial charge in [-0.3, -0.25) is 9.59 Å². The van der Waals surface area contributed by atoms with Gasteiger partial charge < -0.3 is 10.3 Å². The highest BCUT2D eigenvalue weighted by molar-refractivity contribution is 6.11. The van der Waals surface area contributed by atoms with Crippen LogP contribution in [0.2, 0.25) is 0 Å². The van der Waals surface area contributed by atoms with Crippen molar-refractivity contribution >= 4 is 22.6 Å². The van der Waals surface area contributed by atoms with Crippen LogP contribution in [0.4, 0.5) is 0 Å². The van der Waals surface area contributed by atoms with Crippen molar-refractivity contribution in [2.24, 2.45) is 11.7 Å². The second kappa shape index (κ2) is 7.78. The Labute approximate surface area is 160 Å². The number of hydrogen-bond donors (Lipinski definition) is 1. The summed E-state index contributed by atoms with van der Waals surface area (Å²) in [5.41, 5.74) is 9.83. The number of aromatic nitrogens is 1. The largest absolute Gasteiger partial charge is 0.366 e. The molecule has 0 radical (unpaired) electrons. The molecular weight excluding hydrogens is 336 g/mol. The van der Waals surface area contributed by atoms with Crippen LogP contribution in [0.5, 0.6) is 0 Å². The summed E-state index contributed by atoms with van der Waals surface area (Å²) in [7, 11) is 0. The molecule has 3 rings (SSSR count). The summed E-state index contributed by atoms with van der Waals surface area (Å²) in [5, 5.41) is 0.901. The van der Waals surface area contributed by atoms with Gasteiger partial charge in [0.15, 0.2) is 5.78 Å². The van der Waals surface area contributed by atoms with E-state index in [0.29, 0.717) is 12.1 Å². The Morgan fingerprint density at radius 3 is 2.37 bits per heavy atom. The number of amides is 1. The molecule has 0 spiro atoms. The van der Waals surface area contributed by atoms with E-state index in [0.717, 1.165) is 40.6 Å². The molecule has 0 unspecified atom stereocenters. The van der Waals surface area contributed by atoms with E-state index in [4.69, 9.17) is 5.73 Å². The first-order valence-corrected chi connectivity index (χ1v) is 9.47. The third kappa shape index (κ3) is 3.65. The highest BCUT2D eigenvalue weighted by Crippen LogP contribution is 2.31. The molecule has 0 aliphatic carbocycles. The lowest BCUT2D eigenvalue weighted by Gasteiger charge is -2.13. The van der Waals surface area contributed by atoms with Crippen LogP contribution in [0.3, 0.4) is 0 Å². The number of fused-ring (bicyclic) bond motifs is 1. The van der Waals surface area contributed by atoms with Gasteiger partial charge in [-0.25, -0.2) is 0 Å². The first-order chi connectivity index (χ1) is 12.9. The van der Waals surface area contributed by atoms with Crippen LogP contribution in [0, 0.1) is 5.92 Å². The summed E-state index contributed by atoms with van der Waals surface area (Å²) in [5.74, 6) is -0.410. The van der Waals surface area contributed by atoms with Gasteiger partial charge in [0.05, 0.1) is 5.52 Å². The molecule has 1 aromatic heterocycles. The van der Waals surface area contributed by atoms with E-state index in [9.17, 15) is 9.59 Å². The number of carbonyl (C=O) groups is 2. The highest BCUT2D eigenvalue weighted by atomic mass is 16.1. The fourth-order valence-electron chi connectivity index (χ4n) is 3.56. The minimum atomic E-state index is -0.460. The quantitative estimate of drug-likeness (QED) is 0.625. The molecule has 2 aromatic carbocycles. The number of Topliss-reactive ketones (excluding diaryl/α,β-unsaturated/α-hetero) is 1. The van der Waals surface area contributed by atoms with Crippen molar-refractivity contribution in [2.45, 2.75) is 40.2 Å². The van der Waals surface area contributed by atoms with Crippen molar-refractivity contribution in [3.05, 3.63) is 70.9 Å². The zero-order valence-corrected chi connectivity index (χ0v) is 16.2. The van der Waals surface area contributed by atoms with Crippen molar-refractivity contribution in [3.8, 4) is 0 Å². The predicted molar refractivity (Wildman–Crippen MR) is 109 cm³/mol. The summed E-state index contributed by atoms with van der Waals surface area (Å²) in [6.45, 7) is 6.62. The number of benzene rings is 2. The lowest BCUT2D eigenvalue weighted by molar-refractivity contribution is 0.0939. The molecule has 0 saturated carbocycles. The van der Waals surface area contributed by atoms with Crippen molar-refractivity contribution in [1.82, 2.24) is 4.57 Å². The van der Waals surface area contributed by atoms with Crippen LogP contribution in [-0.4, -0.2) is 16.3 Å². The second-order valence-electron chi connectivity index (χ2n) is 7.26. The third-order valence-corrected chi connectivity index (χ3v) is 4.90. The Kier molecular flexibility index (Phi) is 5.45. The number of carbonyl (C=O) groups excluding carboxylic acids is 2. The van der Waals surface area contributed by atoms with E-state index in [1.807, 2.05) is 44.2 Å². The van der Waals surface area contributed by atoms with Gasteiger partial charge in [-0.2, -0.15) is 0 Å². The van der Waals surface area contributed by atoms with Crippen molar-refractivity contribution in [1.29, 1.82) is 0 Å². The molecule has 2 N–H and O–H groups in total. The summed E-state index contributed by atoms with van der Waals surface area (Å²) >= 11 is 0. The first-order valence-electron chi connectivity index (χ1n) is 9.47. The number of primary amides is 1. The van der Waals surface area contributed by atoms with Crippen LogP contribution in [0.15, 0.2) is 48.5 Å². The van der Waals surface area contributed by atoms with Crippen LogP contribution in [0.25, 0.3) is 10.9 Å². The zero-order chi connectivity index (χ0) is 19.6. The number of ketones is 1. The molecule has 0 aliphatic rings. The van der Waals surface area contributed by atoms with Crippen LogP contribution in [-0.2, 0) is 13.0 Å². The number of rotatable bonds is 7. The maximum atomic E-state index is 13.0. The summed E-state index contributed by atoms with van der Waals surface area (Å²) in [6, 6.07) is 15.5. The van der Waals surface area contributed by atoms with Crippen LogP contribution in [0.1, 0.15) is 59.2 Å². The number of nitrogens with zero attached hydrogens (tertiary/aromatic N) is 1. The average molecular weight is 362 g/mol. The summed E-state index contributed by atoms with van der Waals surface area (Å²) in [4.78, 5) is 24.8. The molecule has 3 aromatic rings. The van der Waals surface area contributed by atoms with Crippen molar-refractivity contribution < 1.29 is 9.59 Å². The Morgan fingerprint density at radius 2 is 1.78 bits per heavy atom. The fraction of sp³-hybridized carbons (Fsp3) is 0.304. The molecule has 0 saturated heterocycles. The molecule has 4 nitrogen and oxygen atoms in total. The van der Waals surface area contributed by atoms with Crippen molar-refractivity contribution in [3.63, 3.8) is 0 Å². The average Bonchev–Trinajstić information content (AvgIpc) is 2.95. The lowest BCUT2D eigenvalue weighted by Crippen LogP contribution is -2.12. The van der Waals surface area contributed by atoms with Gasteiger partial charge in [0.25, 0.3) is 0 Å². The van der Waals surface area contributed by atoms with Crippen molar-refractivity contribution in [2.75, 3.05) is 0 Å². The van der Waals surface area contributed by atoms with Crippen LogP contribution < -0.4 is 5.73 Å². The van der Waals surface area contributed by atoms with E-state index < -0.39 is 5.91 Å². The lowest BCUT2D eigenvalue weighted by atomic mass is 9.96. The molecule has 0 fully saturated rings. The third-order valence-electron chi connectivity index (χ3n) is 4.90. The first kappa shape index (κ1) is 18.9. The monoisotopic (exact) mass is 362 g/mol. The molecule has 27 heavy (non-hydrogen) atoms. The van der Waals surface area contributed by atoms with E-state index in [1.165, 1.54) is 0 Å². The standard InChI is InChI=1S/C23H26N2O2/c1-4-8-19-21(22(26)15(2)3)18-12-11-17(23(24)27)13-20(18)25(19)14-16-9-6-5-7-10-16/h5-7,9-13,15H,4,8,14H2,1-3H3,(H2,24,27). The summed E-state index contributed by atoms with van der Waals surface area (Å²) < 4.78 is 2.18. The summed E-state index contributed by atoms with van der Waals surface area (Å²) in [6.07, 6.45) is 1.74. The Bertz CT molecular complexity index is 985. The van der Waals surface area contributed by atoms with E-state index in [1.54, 1.807) is 6.07 Å². The Hall–Kier alpha value is -2.88. The SMILES string of the molecule is CCCc1c(C(=O)C(C)C)c2ccc(C(N)=O)cc2n1Cc1ccccc1. The maximum Gasteiger partial charge on any atom is 0.248 e. The predicted octanol–water partition coefficient (Wildman–Crippen LogP) is 4.58. The van der Waals surface area contributed by atoms with Gasteiger partial charge in [-0.15, -0.1) is 0 Å². The van der Waals surface area contributed by atoms with Gasteiger partial charge in [0.2, 0.25) is 5.91 Å². The maximum absolute atomic E-state index is 13.0. The van der Waals surface area contributed by atoms with E-state index >= 15 is 0 Å². The van der Waals surface area contributed by atoms with E-state index in [2.05, 4.69) is 23.6 Å². The zero-order valence-electron chi connectivity index (χ0n) is 16.2. The minimum absolute atomic E-state index is 0.0906.